The highest BCUT2D eigenvalue weighted by Crippen LogP contribution is 2.09. The SMILES string of the molecule is CCC(N)CCCN1CCOC(CC)C1. The van der Waals surface area contributed by atoms with Crippen LogP contribution in [0.5, 0.6) is 0 Å². The molecular weight excluding hydrogens is 188 g/mol. The summed E-state index contributed by atoms with van der Waals surface area (Å²) in [5.41, 5.74) is 5.90. The van der Waals surface area contributed by atoms with Crippen molar-refractivity contribution < 1.29 is 4.74 Å². The molecule has 0 saturated carbocycles. The zero-order valence-corrected chi connectivity index (χ0v) is 10.2. The van der Waals surface area contributed by atoms with E-state index in [2.05, 4.69) is 18.7 Å². The quantitative estimate of drug-likeness (QED) is 0.730. The van der Waals surface area contributed by atoms with Gasteiger partial charge in [0.1, 0.15) is 0 Å². The van der Waals surface area contributed by atoms with Gasteiger partial charge in [0.05, 0.1) is 12.7 Å². The molecule has 90 valence electrons. The number of morpholine rings is 1. The van der Waals surface area contributed by atoms with Crippen LogP contribution in [0.2, 0.25) is 0 Å². The smallest absolute Gasteiger partial charge is 0.0700 e. The van der Waals surface area contributed by atoms with Gasteiger partial charge in [0.2, 0.25) is 0 Å². The topological polar surface area (TPSA) is 38.5 Å². The molecule has 0 radical (unpaired) electrons. The minimum atomic E-state index is 0.396. The summed E-state index contributed by atoms with van der Waals surface area (Å²) in [7, 11) is 0. The third-order valence-corrected chi connectivity index (χ3v) is 3.25. The van der Waals surface area contributed by atoms with Crippen molar-refractivity contribution in [2.24, 2.45) is 5.73 Å². The van der Waals surface area contributed by atoms with Gasteiger partial charge in [-0.25, -0.2) is 0 Å². The van der Waals surface area contributed by atoms with Crippen LogP contribution in [0.1, 0.15) is 39.5 Å². The highest BCUT2D eigenvalue weighted by Gasteiger charge is 2.18. The molecule has 15 heavy (non-hydrogen) atoms. The Kier molecular flexibility index (Phi) is 6.22. The summed E-state index contributed by atoms with van der Waals surface area (Å²) in [6.45, 7) is 8.65. The molecule has 1 saturated heterocycles. The van der Waals surface area contributed by atoms with E-state index in [-0.39, 0.29) is 0 Å². The van der Waals surface area contributed by atoms with Gasteiger partial charge in [-0.15, -0.1) is 0 Å². The number of hydrogen-bond acceptors (Lipinski definition) is 3. The number of hydrogen-bond donors (Lipinski definition) is 1. The molecule has 3 heteroatoms. The minimum Gasteiger partial charge on any atom is -0.376 e. The zero-order chi connectivity index (χ0) is 11.1. The standard InChI is InChI=1S/C12H26N2O/c1-3-11(13)6-5-7-14-8-9-15-12(4-2)10-14/h11-12H,3-10,13H2,1-2H3. The normalized spacial score (nSPS) is 25.4. The van der Waals surface area contributed by atoms with Gasteiger partial charge in [0.15, 0.2) is 0 Å². The van der Waals surface area contributed by atoms with Crippen LogP contribution in [0, 0.1) is 0 Å². The maximum atomic E-state index is 5.90. The first-order chi connectivity index (χ1) is 7.26. The van der Waals surface area contributed by atoms with Crippen LogP contribution in [0.4, 0.5) is 0 Å². The number of nitrogens with zero attached hydrogens (tertiary/aromatic N) is 1. The molecule has 2 unspecified atom stereocenters. The van der Waals surface area contributed by atoms with Crippen molar-refractivity contribution in [3.8, 4) is 0 Å². The summed E-state index contributed by atoms with van der Waals surface area (Å²) < 4.78 is 5.64. The van der Waals surface area contributed by atoms with E-state index in [1.807, 2.05) is 0 Å². The fourth-order valence-electron chi connectivity index (χ4n) is 2.01. The summed E-state index contributed by atoms with van der Waals surface area (Å²) in [6, 6.07) is 0.396. The van der Waals surface area contributed by atoms with Gasteiger partial charge in [0.25, 0.3) is 0 Å². The predicted octanol–water partition coefficient (Wildman–Crippen LogP) is 1.61. The average Bonchev–Trinajstić information content (AvgIpc) is 2.29. The van der Waals surface area contributed by atoms with E-state index in [1.165, 1.54) is 13.0 Å². The molecule has 0 amide bonds. The number of ether oxygens (including phenoxy) is 1. The summed E-state index contributed by atoms with van der Waals surface area (Å²) in [4.78, 5) is 2.51. The lowest BCUT2D eigenvalue weighted by Crippen LogP contribution is -2.42. The summed E-state index contributed by atoms with van der Waals surface area (Å²) >= 11 is 0. The lowest BCUT2D eigenvalue weighted by atomic mass is 10.1. The molecule has 3 nitrogen and oxygen atoms in total. The first kappa shape index (κ1) is 12.9. The molecule has 1 heterocycles. The van der Waals surface area contributed by atoms with E-state index >= 15 is 0 Å². The second-order valence-corrected chi connectivity index (χ2v) is 4.51. The minimum absolute atomic E-state index is 0.396. The lowest BCUT2D eigenvalue weighted by molar-refractivity contribution is -0.0300. The van der Waals surface area contributed by atoms with Crippen molar-refractivity contribution in [1.29, 1.82) is 0 Å². The van der Waals surface area contributed by atoms with Gasteiger partial charge < -0.3 is 10.5 Å². The van der Waals surface area contributed by atoms with Crippen LogP contribution in [-0.4, -0.2) is 43.3 Å². The van der Waals surface area contributed by atoms with Crippen LogP contribution in [0.25, 0.3) is 0 Å². The van der Waals surface area contributed by atoms with E-state index in [0.717, 1.165) is 39.0 Å². The second kappa shape index (κ2) is 7.20. The maximum absolute atomic E-state index is 5.90. The van der Waals surface area contributed by atoms with Gasteiger partial charge in [-0.3, -0.25) is 4.90 Å². The Balaban J connectivity index is 2.10. The highest BCUT2D eigenvalue weighted by molar-refractivity contribution is 4.71. The number of rotatable bonds is 6. The van der Waals surface area contributed by atoms with Crippen molar-refractivity contribution in [2.75, 3.05) is 26.2 Å². The molecule has 0 aromatic carbocycles. The van der Waals surface area contributed by atoms with E-state index < -0.39 is 0 Å². The van der Waals surface area contributed by atoms with E-state index in [9.17, 15) is 0 Å². The molecule has 0 bridgehead atoms. The van der Waals surface area contributed by atoms with Crippen molar-refractivity contribution in [3.05, 3.63) is 0 Å². The van der Waals surface area contributed by atoms with Gasteiger partial charge in [-0.2, -0.15) is 0 Å². The third kappa shape index (κ3) is 4.96. The van der Waals surface area contributed by atoms with Crippen LogP contribution < -0.4 is 5.73 Å². The maximum Gasteiger partial charge on any atom is 0.0700 e. The fourth-order valence-corrected chi connectivity index (χ4v) is 2.01. The molecule has 0 aromatic heterocycles. The van der Waals surface area contributed by atoms with Crippen molar-refractivity contribution in [2.45, 2.75) is 51.7 Å². The van der Waals surface area contributed by atoms with E-state index in [0.29, 0.717) is 12.1 Å². The Morgan fingerprint density at radius 1 is 1.47 bits per heavy atom. The summed E-state index contributed by atoms with van der Waals surface area (Å²) in [6.07, 6.45) is 5.07. The molecule has 1 rings (SSSR count). The van der Waals surface area contributed by atoms with Crippen molar-refractivity contribution in [1.82, 2.24) is 4.90 Å². The first-order valence-electron chi connectivity index (χ1n) is 6.35. The van der Waals surface area contributed by atoms with Crippen molar-refractivity contribution in [3.63, 3.8) is 0 Å². The fraction of sp³-hybridized carbons (Fsp3) is 1.00. The van der Waals surface area contributed by atoms with Gasteiger partial charge >= 0.3 is 0 Å². The first-order valence-corrected chi connectivity index (χ1v) is 6.35. The highest BCUT2D eigenvalue weighted by atomic mass is 16.5. The molecule has 0 aliphatic carbocycles. The largest absolute Gasteiger partial charge is 0.376 e. The van der Waals surface area contributed by atoms with Crippen LogP contribution in [0.15, 0.2) is 0 Å². The molecule has 2 atom stereocenters. The predicted molar refractivity (Wildman–Crippen MR) is 64.0 cm³/mol. The summed E-state index contributed by atoms with van der Waals surface area (Å²) in [5, 5.41) is 0. The Morgan fingerprint density at radius 3 is 2.93 bits per heavy atom. The van der Waals surface area contributed by atoms with E-state index in [1.54, 1.807) is 0 Å². The van der Waals surface area contributed by atoms with Crippen molar-refractivity contribution >= 4 is 0 Å². The Bertz CT molecular complexity index is 164. The molecular formula is C12H26N2O. The zero-order valence-electron chi connectivity index (χ0n) is 10.2. The molecule has 1 aliphatic heterocycles. The average molecular weight is 214 g/mol. The molecule has 1 aliphatic rings. The van der Waals surface area contributed by atoms with Crippen LogP contribution >= 0.6 is 0 Å². The molecule has 0 aromatic rings. The van der Waals surface area contributed by atoms with Crippen LogP contribution in [0.3, 0.4) is 0 Å². The molecule has 2 N–H and O–H groups in total. The molecule has 0 spiro atoms. The third-order valence-electron chi connectivity index (χ3n) is 3.25. The Hall–Kier alpha value is -0.120. The monoisotopic (exact) mass is 214 g/mol. The number of nitrogens with two attached hydrogens (primary N) is 1. The lowest BCUT2D eigenvalue weighted by Gasteiger charge is -2.32. The van der Waals surface area contributed by atoms with Crippen LogP contribution in [-0.2, 0) is 4.74 Å². The second-order valence-electron chi connectivity index (χ2n) is 4.51. The Morgan fingerprint density at radius 2 is 2.27 bits per heavy atom. The Labute approximate surface area is 94.0 Å². The van der Waals surface area contributed by atoms with Gasteiger partial charge in [-0.05, 0) is 32.2 Å². The van der Waals surface area contributed by atoms with Gasteiger partial charge in [-0.1, -0.05) is 13.8 Å². The molecule has 1 fully saturated rings. The van der Waals surface area contributed by atoms with Gasteiger partial charge in [0, 0.05) is 19.1 Å². The summed E-state index contributed by atoms with van der Waals surface area (Å²) in [5.74, 6) is 0. The van der Waals surface area contributed by atoms with E-state index in [4.69, 9.17) is 10.5 Å².